The fourth-order valence-electron chi connectivity index (χ4n) is 1.55. The van der Waals surface area contributed by atoms with Gasteiger partial charge < -0.3 is 9.73 Å². The number of hydrogen-bond acceptors (Lipinski definition) is 6. The molecule has 0 fully saturated rings. The van der Waals surface area contributed by atoms with Crippen LogP contribution in [0.25, 0.3) is 0 Å². The summed E-state index contributed by atoms with van der Waals surface area (Å²) in [7, 11) is -4.02. The summed E-state index contributed by atoms with van der Waals surface area (Å²) in [6.07, 6.45) is 0. The normalized spacial score (nSPS) is 11.1. The first kappa shape index (κ1) is 14.7. The van der Waals surface area contributed by atoms with Gasteiger partial charge in [-0.3, -0.25) is 14.9 Å². The number of rotatable bonds is 4. The summed E-state index contributed by atoms with van der Waals surface area (Å²) in [5, 5.41) is 17.8. The Bertz CT molecular complexity index is 811. The number of sulfonamides is 1. The van der Waals surface area contributed by atoms with Gasteiger partial charge in [0.1, 0.15) is 9.82 Å². The molecule has 1 amide bonds. The number of furan rings is 1. The summed E-state index contributed by atoms with van der Waals surface area (Å²) in [6.45, 7) is 0. The molecule has 0 aliphatic rings. The van der Waals surface area contributed by atoms with Crippen LogP contribution in [-0.4, -0.2) is 19.2 Å². The van der Waals surface area contributed by atoms with Gasteiger partial charge in [-0.25, -0.2) is 13.6 Å². The molecule has 21 heavy (non-hydrogen) atoms. The topological polar surface area (TPSA) is 146 Å². The van der Waals surface area contributed by atoms with Crippen LogP contribution in [0.2, 0.25) is 0 Å². The molecule has 0 aliphatic heterocycles. The number of primary sulfonamides is 1. The highest BCUT2D eigenvalue weighted by atomic mass is 32.2. The van der Waals surface area contributed by atoms with Gasteiger partial charge in [-0.05, 0) is 18.2 Å². The number of anilines is 1. The number of nitrogens with zero attached hydrogens (tertiary/aromatic N) is 1. The van der Waals surface area contributed by atoms with Gasteiger partial charge in [-0.15, -0.1) is 0 Å². The maximum absolute atomic E-state index is 11.9. The number of carbonyl (C=O) groups excluding carboxylic acids is 1. The first-order chi connectivity index (χ1) is 9.79. The minimum atomic E-state index is -4.02. The Hall–Kier alpha value is -2.72. The summed E-state index contributed by atoms with van der Waals surface area (Å²) >= 11 is 0. The van der Waals surface area contributed by atoms with Crippen LogP contribution in [0.15, 0.2) is 45.7 Å². The highest BCUT2D eigenvalue weighted by Gasteiger charge is 2.20. The van der Waals surface area contributed by atoms with E-state index >= 15 is 0 Å². The van der Waals surface area contributed by atoms with Crippen molar-refractivity contribution in [3.63, 3.8) is 0 Å². The van der Waals surface area contributed by atoms with E-state index in [0.717, 1.165) is 12.1 Å². The standard InChI is InChI=1S/C11H9N3O6S/c12-21(18,19)9-4-2-1-3-7(9)13-11(15)8-5-6-10(20-8)14(16)17/h1-6H,(H,13,15)(H2,12,18,19). The van der Waals surface area contributed by atoms with E-state index in [-0.39, 0.29) is 16.3 Å². The quantitative estimate of drug-likeness (QED) is 0.638. The highest BCUT2D eigenvalue weighted by molar-refractivity contribution is 7.89. The summed E-state index contributed by atoms with van der Waals surface area (Å²) in [5.74, 6) is -1.76. The summed E-state index contributed by atoms with van der Waals surface area (Å²) in [5.41, 5.74) is -0.0518. The molecule has 0 spiro atoms. The van der Waals surface area contributed by atoms with Crippen molar-refractivity contribution >= 4 is 27.5 Å². The van der Waals surface area contributed by atoms with Gasteiger partial charge in [0, 0.05) is 0 Å². The van der Waals surface area contributed by atoms with Crippen LogP contribution in [0.4, 0.5) is 11.6 Å². The van der Waals surface area contributed by atoms with E-state index < -0.39 is 26.7 Å². The zero-order chi connectivity index (χ0) is 15.6. The Kier molecular flexibility index (Phi) is 3.74. The maximum atomic E-state index is 11.9. The molecule has 1 aromatic heterocycles. The second-order valence-corrected chi connectivity index (χ2v) is 5.42. The third-order valence-corrected chi connectivity index (χ3v) is 3.41. The zero-order valence-electron chi connectivity index (χ0n) is 10.3. The Morgan fingerprint density at radius 1 is 1.24 bits per heavy atom. The number of carbonyl (C=O) groups is 1. The van der Waals surface area contributed by atoms with E-state index in [0.29, 0.717) is 0 Å². The third kappa shape index (κ3) is 3.24. The molecule has 0 saturated carbocycles. The number of benzene rings is 1. The van der Waals surface area contributed by atoms with Crippen LogP contribution in [0, 0.1) is 10.1 Å². The van der Waals surface area contributed by atoms with Crippen molar-refractivity contribution in [3.05, 3.63) is 52.3 Å². The highest BCUT2D eigenvalue weighted by Crippen LogP contribution is 2.21. The lowest BCUT2D eigenvalue weighted by atomic mass is 10.3. The average molecular weight is 311 g/mol. The Labute approximate surface area is 118 Å². The molecule has 1 aromatic carbocycles. The monoisotopic (exact) mass is 311 g/mol. The van der Waals surface area contributed by atoms with Gasteiger partial charge in [0.05, 0.1) is 11.8 Å². The minimum Gasteiger partial charge on any atom is -0.395 e. The number of amides is 1. The van der Waals surface area contributed by atoms with E-state index in [1.54, 1.807) is 0 Å². The fraction of sp³-hybridized carbons (Fsp3) is 0. The Morgan fingerprint density at radius 3 is 2.48 bits per heavy atom. The SMILES string of the molecule is NS(=O)(=O)c1ccccc1NC(=O)c1ccc([N+](=O)[O-])o1. The van der Waals surface area contributed by atoms with E-state index in [4.69, 9.17) is 9.56 Å². The summed E-state index contributed by atoms with van der Waals surface area (Å²) in [6, 6.07) is 7.60. The zero-order valence-corrected chi connectivity index (χ0v) is 11.2. The third-order valence-electron chi connectivity index (χ3n) is 2.44. The van der Waals surface area contributed by atoms with E-state index in [2.05, 4.69) is 5.32 Å². The number of nitrogens with two attached hydrogens (primary N) is 1. The minimum absolute atomic E-state index is 0.0518. The number of nitrogens with one attached hydrogen (secondary N) is 1. The predicted molar refractivity (Wildman–Crippen MR) is 71.1 cm³/mol. The van der Waals surface area contributed by atoms with Gasteiger partial charge in [-0.2, -0.15) is 0 Å². The molecule has 0 radical (unpaired) electrons. The molecule has 3 N–H and O–H groups in total. The maximum Gasteiger partial charge on any atom is 0.433 e. The van der Waals surface area contributed by atoms with Gasteiger partial charge in [-0.1, -0.05) is 12.1 Å². The molecule has 0 unspecified atom stereocenters. The lowest BCUT2D eigenvalue weighted by Gasteiger charge is -2.07. The first-order valence-electron chi connectivity index (χ1n) is 5.46. The largest absolute Gasteiger partial charge is 0.433 e. The molecular formula is C11H9N3O6S. The van der Waals surface area contributed by atoms with Crippen LogP contribution in [0.5, 0.6) is 0 Å². The molecule has 0 aliphatic carbocycles. The Balaban J connectivity index is 2.30. The van der Waals surface area contributed by atoms with E-state index in [1.165, 1.54) is 24.3 Å². The van der Waals surface area contributed by atoms with Crippen LogP contribution >= 0.6 is 0 Å². The number of nitro groups is 1. The number of para-hydroxylation sites is 1. The molecule has 0 saturated heterocycles. The van der Waals surface area contributed by atoms with Crippen LogP contribution in [0.3, 0.4) is 0 Å². The predicted octanol–water partition coefficient (Wildman–Crippen LogP) is 1.09. The fourth-order valence-corrected chi connectivity index (χ4v) is 2.24. The lowest BCUT2D eigenvalue weighted by molar-refractivity contribution is -0.402. The van der Waals surface area contributed by atoms with Crippen LogP contribution in [0.1, 0.15) is 10.6 Å². The van der Waals surface area contributed by atoms with Gasteiger partial charge in [0.2, 0.25) is 10.0 Å². The van der Waals surface area contributed by atoms with Crippen LogP contribution < -0.4 is 10.5 Å². The van der Waals surface area contributed by atoms with Crippen molar-refractivity contribution in [2.45, 2.75) is 4.90 Å². The second kappa shape index (κ2) is 5.34. The van der Waals surface area contributed by atoms with Crippen molar-refractivity contribution < 1.29 is 22.6 Å². The van der Waals surface area contributed by atoms with E-state index in [1.807, 2.05) is 0 Å². The average Bonchev–Trinajstić information content (AvgIpc) is 2.88. The molecule has 2 rings (SSSR count). The molecule has 1 heterocycles. The van der Waals surface area contributed by atoms with Gasteiger partial charge >= 0.3 is 5.88 Å². The first-order valence-corrected chi connectivity index (χ1v) is 7.01. The van der Waals surface area contributed by atoms with Crippen molar-refractivity contribution in [2.24, 2.45) is 5.14 Å². The molecular weight excluding hydrogens is 302 g/mol. The molecule has 10 heteroatoms. The summed E-state index contributed by atoms with van der Waals surface area (Å²) in [4.78, 5) is 21.3. The van der Waals surface area contributed by atoms with Crippen molar-refractivity contribution in [3.8, 4) is 0 Å². The molecule has 9 nitrogen and oxygen atoms in total. The molecule has 0 bridgehead atoms. The summed E-state index contributed by atoms with van der Waals surface area (Å²) < 4.78 is 27.5. The van der Waals surface area contributed by atoms with Gasteiger partial charge in [0.15, 0.2) is 5.76 Å². The lowest BCUT2D eigenvalue weighted by Crippen LogP contribution is -2.18. The van der Waals surface area contributed by atoms with Crippen LogP contribution in [-0.2, 0) is 10.0 Å². The smallest absolute Gasteiger partial charge is 0.395 e. The van der Waals surface area contributed by atoms with Crippen molar-refractivity contribution in [1.82, 2.24) is 0 Å². The Morgan fingerprint density at radius 2 is 1.90 bits per heavy atom. The molecule has 110 valence electrons. The second-order valence-electron chi connectivity index (χ2n) is 3.89. The van der Waals surface area contributed by atoms with Crippen molar-refractivity contribution in [1.29, 1.82) is 0 Å². The molecule has 2 aromatic rings. The molecule has 0 atom stereocenters. The van der Waals surface area contributed by atoms with Crippen molar-refractivity contribution in [2.75, 3.05) is 5.32 Å². The van der Waals surface area contributed by atoms with Gasteiger partial charge in [0.25, 0.3) is 5.91 Å². The number of hydrogen-bond donors (Lipinski definition) is 2. The van der Waals surface area contributed by atoms with E-state index in [9.17, 15) is 23.3 Å².